The van der Waals surface area contributed by atoms with Crippen LogP contribution in [-0.4, -0.2) is 21.7 Å². The average molecular weight is 448 g/mol. The van der Waals surface area contributed by atoms with Crippen LogP contribution in [0.2, 0.25) is 0 Å². The van der Waals surface area contributed by atoms with Crippen molar-refractivity contribution in [1.29, 1.82) is 0 Å². The first-order chi connectivity index (χ1) is 11.5. The van der Waals surface area contributed by atoms with Gasteiger partial charge in [0.15, 0.2) is 0 Å². The van der Waals surface area contributed by atoms with Gasteiger partial charge in [0.25, 0.3) is 0 Å². The largest absolute Gasteiger partial charge is 2.00 e. The van der Waals surface area contributed by atoms with Crippen molar-refractivity contribution in [2.75, 3.05) is 22.9 Å². The first kappa shape index (κ1) is 24.2. The van der Waals surface area contributed by atoms with Gasteiger partial charge in [0, 0.05) is 24.5 Å². The van der Waals surface area contributed by atoms with E-state index < -0.39 is 0 Å². The average Bonchev–Trinajstić information content (AvgIpc) is 2.58. The molecule has 0 saturated carbocycles. The Kier molecular flexibility index (Phi) is 13.0. The second-order valence-electron chi connectivity index (χ2n) is 4.69. The fourth-order valence-corrected chi connectivity index (χ4v) is 2.99. The third-order valence-electron chi connectivity index (χ3n) is 3.21. The summed E-state index contributed by atoms with van der Waals surface area (Å²) in [7, 11) is 0. The van der Waals surface area contributed by atoms with Crippen LogP contribution in [0.5, 0.6) is 0 Å². The van der Waals surface area contributed by atoms with E-state index in [1.54, 1.807) is 0 Å². The van der Waals surface area contributed by atoms with Gasteiger partial charge in [-0.05, 0) is 38.1 Å². The summed E-state index contributed by atoms with van der Waals surface area (Å²) in [5.41, 5.74) is 2.14. The third-order valence-corrected chi connectivity index (χ3v) is 4.09. The van der Waals surface area contributed by atoms with E-state index >= 15 is 0 Å². The summed E-state index contributed by atoms with van der Waals surface area (Å²) >= 11 is 19.8. The SMILES string of the molecule is CCN(C(=S)[S-])c1ccccc1.CCN(C(=S)[S-])c1ccccc1.[Mn+2]. The van der Waals surface area contributed by atoms with E-state index in [0.29, 0.717) is 8.64 Å². The maximum atomic E-state index is 4.94. The van der Waals surface area contributed by atoms with Gasteiger partial charge in [-0.3, -0.25) is 0 Å². The molecule has 1 radical (unpaired) electrons. The molecule has 0 heterocycles. The third kappa shape index (κ3) is 8.40. The second-order valence-corrected chi connectivity index (χ2v) is 6.76. The number of anilines is 2. The molecule has 0 bridgehead atoms. The predicted octanol–water partition coefficient (Wildman–Crippen LogP) is 4.69. The normalized spacial score (nSPS) is 9.04. The zero-order valence-electron chi connectivity index (χ0n) is 14.1. The van der Waals surface area contributed by atoms with E-state index in [-0.39, 0.29) is 17.1 Å². The van der Waals surface area contributed by atoms with Crippen molar-refractivity contribution in [3.05, 3.63) is 60.7 Å². The Labute approximate surface area is 183 Å². The van der Waals surface area contributed by atoms with E-state index in [4.69, 9.17) is 49.7 Å². The summed E-state index contributed by atoms with van der Waals surface area (Å²) in [4.78, 5) is 3.84. The van der Waals surface area contributed by atoms with Gasteiger partial charge in [-0.2, -0.15) is 0 Å². The van der Waals surface area contributed by atoms with E-state index in [2.05, 4.69) is 0 Å². The smallest absolute Gasteiger partial charge is 0.411 e. The van der Waals surface area contributed by atoms with Crippen molar-refractivity contribution in [3.63, 3.8) is 0 Å². The molecule has 0 aliphatic heterocycles. The van der Waals surface area contributed by atoms with Gasteiger partial charge in [0.2, 0.25) is 0 Å². The minimum atomic E-state index is 0. The van der Waals surface area contributed by atoms with Crippen molar-refractivity contribution in [2.45, 2.75) is 13.8 Å². The van der Waals surface area contributed by atoms with Crippen LogP contribution in [0.3, 0.4) is 0 Å². The number of hydrogen-bond acceptors (Lipinski definition) is 4. The molecule has 0 atom stereocenters. The van der Waals surface area contributed by atoms with Crippen molar-refractivity contribution < 1.29 is 17.1 Å². The van der Waals surface area contributed by atoms with Crippen LogP contribution in [-0.2, 0) is 42.3 Å². The van der Waals surface area contributed by atoms with Crippen LogP contribution < -0.4 is 9.80 Å². The Balaban J connectivity index is 0.000000443. The van der Waals surface area contributed by atoms with Crippen molar-refractivity contribution in [1.82, 2.24) is 0 Å². The molecule has 0 aromatic heterocycles. The van der Waals surface area contributed by atoms with Crippen molar-refractivity contribution >= 4 is 69.7 Å². The molecule has 0 saturated heterocycles. The Morgan fingerprint density at radius 3 is 1.20 bits per heavy atom. The number of nitrogens with zero attached hydrogens (tertiary/aromatic N) is 2. The molecule has 2 rings (SSSR count). The number of rotatable bonds is 4. The summed E-state index contributed by atoms with van der Waals surface area (Å²) in [6.45, 7) is 5.72. The molecule has 0 unspecified atom stereocenters. The molecule has 0 amide bonds. The topological polar surface area (TPSA) is 6.48 Å². The van der Waals surface area contributed by atoms with E-state index in [0.717, 1.165) is 24.5 Å². The molecule has 0 aliphatic rings. The molecule has 0 spiro atoms. The van der Waals surface area contributed by atoms with Crippen molar-refractivity contribution in [3.8, 4) is 0 Å². The quantitative estimate of drug-likeness (QED) is 0.379. The summed E-state index contributed by atoms with van der Waals surface area (Å²) in [6.07, 6.45) is 0. The first-order valence-corrected chi connectivity index (χ1v) is 9.21. The molecule has 0 N–H and O–H groups in total. The van der Waals surface area contributed by atoms with Crippen molar-refractivity contribution in [2.24, 2.45) is 0 Å². The Hall–Kier alpha value is -0.821. The van der Waals surface area contributed by atoms with Gasteiger partial charge < -0.3 is 59.5 Å². The van der Waals surface area contributed by atoms with Gasteiger partial charge >= 0.3 is 17.1 Å². The molecule has 7 heteroatoms. The van der Waals surface area contributed by atoms with E-state index in [1.165, 1.54) is 0 Å². The molecule has 2 aromatic carbocycles. The summed E-state index contributed by atoms with van der Waals surface area (Å²) in [5, 5.41) is 0. The van der Waals surface area contributed by atoms with E-state index in [1.807, 2.05) is 84.3 Å². The standard InChI is InChI=1S/2C9H11NS2.Mn/c2*1-2-10(9(11)12)8-6-4-3-5-7-8;/h2*3-7H,2H2,1H3,(H,11,12);/q;;+2/p-2. The maximum absolute atomic E-state index is 4.94. The van der Waals surface area contributed by atoms with Gasteiger partial charge in [0.05, 0.1) is 0 Å². The molecule has 25 heavy (non-hydrogen) atoms. The summed E-state index contributed by atoms with van der Waals surface area (Å²) in [6, 6.07) is 19.9. The molecule has 0 aliphatic carbocycles. The fourth-order valence-electron chi connectivity index (χ4n) is 2.05. The van der Waals surface area contributed by atoms with Crippen LogP contribution in [0.15, 0.2) is 60.7 Å². The number of benzene rings is 2. The minimum absolute atomic E-state index is 0. The zero-order valence-corrected chi connectivity index (χ0v) is 18.5. The predicted molar refractivity (Wildman–Crippen MR) is 119 cm³/mol. The van der Waals surface area contributed by atoms with Gasteiger partial charge in [0.1, 0.15) is 0 Å². The first-order valence-electron chi connectivity index (χ1n) is 7.58. The van der Waals surface area contributed by atoms with Crippen LogP contribution in [0, 0.1) is 0 Å². The minimum Gasteiger partial charge on any atom is -0.411 e. The van der Waals surface area contributed by atoms with Crippen LogP contribution in [0.1, 0.15) is 13.8 Å². The van der Waals surface area contributed by atoms with Gasteiger partial charge in [-0.25, -0.2) is 0 Å². The van der Waals surface area contributed by atoms with Crippen LogP contribution in [0.25, 0.3) is 0 Å². The van der Waals surface area contributed by atoms with Crippen LogP contribution >= 0.6 is 24.4 Å². The molecule has 2 nitrogen and oxygen atoms in total. The molecule has 0 fully saturated rings. The molecular weight excluding hydrogens is 427 g/mol. The molecule has 2 aromatic rings. The number of para-hydroxylation sites is 2. The Bertz CT molecular complexity index is 581. The summed E-state index contributed by atoms with van der Waals surface area (Å²) in [5.74, 6) is 0. The Morgan fingerprint density at radius 2 is 1.00 bits per heavy atom. The molecule has 133 valence electrons. The number of hydrogen-bond donors (Lipinski definition) is 0. The Morgan fingerprint density at radius 1 is 0.720 bits per heavy atom. The molecular formula is C18H20MnN2S4. The monoisotopic (exact) mass is 447 g/mol. The second kappa shape index (κ2) is 13.4. The number of thiocarbonyl (C=S) groups is 2. The fraction of sp³-hybridized carbons (Fsp3) is 0.222. The summed E-state index contributed by atoms with van der Waals surface area (Å²) < 4.78 is 1.01. The van der Waals surface area contributed by atoms with Gasteiger partial charge in [-0.15, -0.1) is 0 Å². The van der Waals surface area contributed by atoms with E-state index in [9.17, 15) is 0 Å². The van der Waals surface area contributed by atoms with Gasteiger partial charge in [-0.1, -0.05) is 45.0 Å². The maximum Gasteiger partial charge on any atom is 2.00 e. The zero-order chi connectivity index (χ0) is 17.9. The van der Waals surface area contributed by atoms with Crippen LogP contribution in [0.4, 0.5) is 11.4 Å².